The van der Waals surface area contributed by atoms with Crippen molar-refractivity contribution in [3.05, 3.63) is 70.1 Å². The molecule has 0 aliphatic rings. The highest BCUT2D eigenvalue weighted by Gasteiger charge is 2.20. The van der Waals surface area contributed by atoms with Crippen LogP contribution in [0.4, 0.5) is 0 Å². The van der Waals surface area contributed by atoms with Gasteiger partial charge in [0.25, 0.3) is 5.91 Å². The van der Waals surface area contributed by atoms with Crippen molar-refractivity contribution in [2.45, 2.75) is 13.0 Å². The smallest absolute Gasteiger partial charge is 0.269 e. The zero-order valence-electron chi connectivity index (χ0n) is 14.3. The van der Waals surface area contributed by atoms with Gasteiger partial charge in [0.2, 0.25) is 0 Å². The first kappa shape index (κ1) is 19.3. The topological polar surface area (TPSA) is 56.1 Å². The lowest BCUT2D eigenvalue weighted by molar-refractivity contribution is 0.0977. The highest BCUT2D eigenvalue weighted by Crippen LogP contribution is 2.35. The molecule has 3 rings (SSSR count). The van der Waals surface area contributed by atoms with Crippen LogP contribution in [0, 0.1) is 11.3 Å². The van der Waals surface area contributed by atoms with Gasteiger partial charge >= 0.3 is 0 Å². The Hall–Kier alpha value is -2.46. The van der Waals surface area contributed by atoms with Crippen LogP contribution in [-0.4, -0.2) is 22.5 Å². The van der Waals surface area contributed by atoms with Gasteiger partial charge in [-0.3, -0.25) is 10.1 Å². The molecule has 1 aromatic heterocycles. The summed E-state index contributed by atoms with van der Waals surface area (Å²) in [5.74, 6) is -0.332. The van der Waals surface area contributed by atoms with Gasteiger partial charge in [0.05, 0.1) is 17.5 Å². The maximum atomic E-state index is 12.7. The number of nitrogens with zero attached hydrogens (tertiary/aromatic N) is 2. The Morgan fingerprint density at radius 2 is 1.89 bits per heavy atom. The van der Waals surface area contributed by atoms with Crippen LogP contribution in [-0.2, 0) is 6.54 Å². The molecular weight excluding hydrogens is 398 g/mol. The van der Waals surface area contributed by atoms with Crippen molar-refractivity contribution in [1.82, 2.24) is 10.2 Å². The quantitative estimate of drug-likeness (QED) is 0.599. The van der Waals surface area contributed by atoms with Gasteiger partial charge in [-0.05, 0) is 23.8 Å². The van der Waals surface area contributed by atoms with Crippen LogP contribution in [0.3, 0.4) is 0 Å². The van der Waals surface area contributed by atoms with E-state index in [1.807, 2.05) is 59.5 Å². The summed E-state index contributed by atoms with van der Waals surface area (Å²) in [7, 11) is 0. The normalized spacial score (nSPS) is 10.4. The first-order valence-corrected chi connectivity index (χ1v) is 9.88. The minimum atomic E-state index is -0.332. The lowest BCUT2D eigenvalue weighted by Crippen LogP contribution is -2.42. The van der Waals surface area contributed by atoms with Crippen LogP contribution in [0.1, 0.15) is 21.7 Å². The average Bonchev–Trinajstić information content (AvgIpc) is 3.03. The van der Waals surface area contributed by atoms with Crippen LogP contribution >= 0.6 is 35.2 Å². The minimum absolute atomic E-state index is 0.285. The molecule has 136 valence electrons. The maximum absolute atomic E-state index is 12.7. The van der Waals surface area contributed by atoms with E-state index in [2.05, 4.69) is 11.4 Å². The van der Waals surface area contributed by atoms with Gasteiger partial charge in [0.15, 0.2) is 5.11 Å². The summed E-state index contributed by atoms with van der Waals surface area (Å²) in [6, 6.07) is 19.5. The summed E-state index contributed by atoms with van der Waals surface area (Å²) in [5.41, 5.74) is 1.05. The van der Waals surface area contributed by atoms with E-state index in [1.165, 1.54) is 11.3 Å². The predicted octanol–water partition coefficient (Wildman–Crippen LogP) is 4.99. The van der Waals surface area contributed by atoms with Gasteiger partial charge in [0.1, 0.15) is 4.88 Å². The molecule has 0 bridgehead atoms. The molecule has 0 saturated heterocycles. The number of thiocarbonyl (C=S) groups is 1. The average molecular weight is 414 g/mol. The van der Waals surface area contributed by atoms with Crippen molar-refractivity contribution in [3.8, 4) is 6.07 Å². The molecule has 3 aromatic rings. The molecule has 0 aliphatic heterocycles. The zero-order chi connectivity index (χ0) is 19.2. The number of halogens is 1. The minimum Gasteiger partial charge on any atom is -0.344 e. The van der Waals surface area contributed by atoms with Gasteiger partial charge in [-0.15, -0.1) is 11.3 Å². The van der Waals surface area contributed by atoms with E-state index < -0.39 is 0 Å². The van der Waals surface area contributed by atoms with Crippen molar-refractivity contribution in [2.75, 3.05) is 6.54 Å². The van der Waals surface area contributed by atoms with E-state index in [1.54, 1.807) is 0 Å². The molecule has 1 N–H and O–H groups in total. The Kier molecular flexibility index (Phi) is 6.40. The third kappa shape index (κ3) is 4.64. The Labute approximate surface area is 172 Å². The number of thiophene rings is 1. The molecule has 0 fully saturated rings. The number of nitriles is 1. The van der Waals surface area contributed by atoms with Gasteiger partial charge in [-0.25, -0.2) is 0 Å². The fourth-order valence-electron chi connectivity index (χ4n) is 2.63. The number of benzene rings is 2. The molecule has 0 saturated carbocycles. The molecule has 0 radical (unpaired) electrons. The summed E-state index contributed by atoms with van der Waals surface area (Å²) in [6.45, 7) is 0.951. The molecule has 2 aromatic carbocycles. The van der Waals surface area contributed by atoms with Crippen LogP contribution in [0.5, 0.6) is 0 Å². The lowest BCUT2D eigenvalue weighted by atomic mass is 10.2. The number of amides is 1. The fraction of sp³-hybridized carbons (Fsp3) is 0.150. The van der Waals surface area contributed by atoms with Gasteiger partial charge < -0.3 is 4.90 Å². The molecular formula is C20H16ClN3OS2. The first-order chi connectivity index (χ1) is 13.1. The van der Waals surface area contributed by atoms with Crippen LogP contribution in [0.2, 0.25) is 5.02 Å². The van der Waals surface area contributed by atoms with Crippen molar-refractivity contribution in [3.63, 3.8) is 0 Å². The highest BCUT2D eigenvalue weighted by atomic mass is 35.5. The number of hydrogen-bond acceptors (Lipinski definition) is 4. The van der Waals surface area contributed by atoms with E-state index >= 15 is 0 Å². The molecule has 7 heteroatoms. The summed E-state index contributed by atoms with van der Waals surface area (Å²) in [6.07, 6.45) is 0.312. The highest BCUT2D eigenvalue weighted by molar-refractivity contribution is 7.80. The van der Waals surface area contributed by atoms with Gasteiger partial charge in [-0.1, -0.05) is 60.1 Å². The Morgan fingerprint density at radius 1 is 1.19 bits per heavy atom. The molecule has 0 spiro atoms. The van der Waals surface area contributed by atoms with Crippen molar-refractivity contribution in [2.24, 2.45) is 0 Å². The number of carbonyl (C=O) groups is 1. The number of rotatable bonds is 5. The van der Waals surface area contributed by atoms with Crippen molar-refractivity contribution >= 4 is 56.3 Å². The Morgan fingerprint density at radius 3 is 2.59 bits per heavy atom. The number of nitrogens with one attached hydrogen (secondary N) is 1. The molecule has 1 amide bonds. The standard InChI is InChI=1S/C20H16ClN3OS2/c21-17-15-9-4-5-10-16(15)27-18(17)19(25)23-20(26)24(12-6-11-22)13-14-7-2-1-3-8-14/h1-5,7-10H,6,12-13H2,(H,23,25,26). The second-order valence-corrected chi connectivity index (χ2v) is 7.63. The number of hydrogen-bond donors (Lipinski definition) is 1. The third-order valence-corrected chi connectivity index (χ3v) is 5.99. The number of carbonyl (C=O) groups excluding carboxylic acids is 1. The van der Waals surface area contributed by atoms with E-state index in [9.17, 15) is 4.79 Å². The van der Waals surface area contributed by atoms with Gasteiger partial charge in [-0.2, -0.15) is 5.26 Å². The molecule has 4 nitrogen and oxygen atoms in total. The monoisotopic (exact) mass is 413 g/mol. The Bertz CT molecular complexity index is 1010. The van der Waals surface area contributed by atoms with E-state index in [0.717, 1.165) is 15.6 Å². The lowest BCUT2D eigenvalue weighted by Gasteiger charge is -2.24. The van der Waals surface area contributed by atoms with E-state index in [4.69, 9.17) is 29.1 Å². The van der Waals surface area contributed by atoms with Crippen molar-refractivity contribution in [1.29, 1.82) is 5.26 Å². The summed E-state index contributed by atoms with van der Waals surface area (Å²) in [4.78, 5) is 15.0. The van der Waals surface area contributed by atoms with Crippen LogP contribution in [0.25, 0.3) is 10.1 Å². The summed E-state index contributed by atoms with van der Waals surface area (Å²) in [5, 5.41) is 13.2. The maximum Gasteiger partial charge on any atom is 0.269 e. The molecule has 0 unspecified atom stereocenters. The Balaban J connectivity index is 1.76. The fourth-order valence-corrected chi connectivity index (χ4v) is 4.29. The van der Waals surface area contributed by atoms with Gasteiger partial charge in [0, 0.05) is 23.2 Å². The third-order valence-electron chi connectivity index (χ3n) is 3.96. The van der Waals surface area contributed by atoms with E-state index in [0.29, 0.717) is 29.4 Å². The SMILES string of the molecule is N#CCCN(Cc1ccccc1)C(=S)NC(=O)c1sc2ccccc2c1Cl. The predicted molar refractivity (Wildman–Crippen MR) is 114 cm³/mol. The molecule has 0 atom stereocenters. The summed E-state index contributed by atoms with van der Waals surface area (Å²) < 4.78 is 0.948. The van der Waals surface area contributed by atoms with E-state index in [-0.39, 0.29) is 11.0 Å². The largest absolute Gasteiger partial charge is 0.344 e. The molecule has 1 heterocycles. The molecule has 0 aliphatic carbocycles. The van der Waals surface area contributed by atoms with Crippen LogP contribution < -0.4 is 5.32 Å². The second-order valence-electron chi connectivity index (χ2n) is 5.82. The summed E-state index contributed by atoms with van der Waals surface area (Å²) >= 11 is 13.1. The second kappa shape index (κ2) is 8.96. The van der Waals surface area contributed by atoms with Crippen molar-refractivity contribution < 1.29 is 4.79 Å². The zero-order valence-corrected chi connectivity index (χ0v) is 16.7. The first-order valence-electron chi connectivity index (χ1n) is 8.28. The number of fused-ring (bicyclic) bond motifs is 1. The van der Waals surface area contributed by atoms with Crippen LogP contribution in [0.15, 0.2) is 54.6 Å². The molecule has 27 heavy (non-hydrogen) atoms.